The minimum atomic E-state index is 0.806. The molecule has 1 fully saturated rings. The summed E-state index contributed by atoms with van der Waals surface area (Å²) >= 11 is 0. The lowest BCUT2D eigenvalue weighted by molar-refractivity contribution is 0.325. The Hall–Kier alpha value is -0.0400. The lowest BCUT2D eigenvalue weighted by Crippen LogP contribution is -2.20. The van der Waals surface area contributed by atoms with Gasteiger partial charge in [-0.25, -0.2) is 0 Å². The lowest BCUT2D eigenvalue weighted by Gasteiger charge is -2.20. The molecule has 0 radical (unpaired) electrons. The van der Waals surface area contributed by atoms with E-state index in [1.807, 2.05) is 0 Å². The molecule has 3 atom stereocenters. The largest absolute Gasteiger partial charge is 0.330 e. The molecule has 0 bridgehead atoms. The van der Waals surface area contributed by atoms with Gasteiger partial charge in [0.25, 0.3) is 0 Å². The summed E-state index contributed by atoms with van der Waals surface area (Å²) in [6.45, 7) is 5.63. The maximum Gasteiger partial charge on any atom is -0.00463 e. The van der Waals surface area contributed by atoms with Gasteiger partial charge in [-0.1, -0.05) is 26.7 Å². The van der Waals surface area contributed by atoms with Crippen LogP contribution >= 0.6 is 0 Å². The first-order valence-corrected chi connectivity index (χ1v) is 4.94. The second-order valence-corrected chi connectivity index (χ2v) is 4.24. The second kappa shape index (κ2) is 4.10. The van der Waals surface area contributed by atoms with Crippen molar-refractivity contribution in [2.75, 3.05) is 6.54 Å². The summed E-state index contributed by atoms with van der Waals surface area (Å²) in [6, 6.07) is 0. The molecule has 1 saturated carbocycles. The quantitative estimate of drug-likeness (QED) is 0.578. The molecule has 0 aromatic heterocycles. The van der Waals surface area contributed by atoms with E-state index in [1.165, 1.54) is 25.7 Å². The molecule has 0 aromatic rings. The first kappa shape index (κ1) is 9.05. The van der Waals surface area contributed by atoms with Crippen LogP contribution in [0, 0.1) is 17.8 Å². The van der Waals surface area contributed by atoms with E-state index >= 15 is 0 Å². The molecule has 0 aromatic carbocycles. The molecular formula is C10H21N. The predicted octanol–water partition coefficient (Wildman–Crippen LogP) is 2.41. The van der Waals surface area contributed by atoms with E-state index in [4.69, 9.17) is 5.73 Å². The molecule has 11 heavy (non-hydrogen) atoms. The molecule has 0 spiro atoms. The SMILES string of the molecule is CC1CCCC(CN)C(C)C1. The molecule has 1 rings (SSSR count). The molecule has 0 aliphatic heterocycles. The highest BCUT2D eigenvalue weighted by molar-refractivity contribution is 4.74. The number of nitrogens with two attached hydrogens (primary N) is 1. The molecule has 0 saturated heterocycles. The van der Waals surface area contributed by atoms with Crippen LogP contribution in [0.3, 0.4) is 0 Å². The van der Waals surface area contributed by atoms with Gasteiger partial charge in [0, 0.05) is 0 Å². The fourth-order valence-corrected chi connectivity index (χ4v) is 2.31. The van der Waals surface area contributed by atoms with E-state index in [0.29, 0.717) is 0 Å². The summed E-state index contributed by atoms with van der Waals surface area (Å²) < 4.78 is 0. The minimum absolute atomic E-state index is 0.806. The van der Waals surface area contributed by atoms with Gasteiger partial charge in [0.1, 0.15) is 0 Å². The standard InChI is InChI=1S/C10H21N/c1-8-4-3-5-10(7-11)9(2)6-8/h8-10H,3-7,11H2,1-2H3. The zero-order valence-electron chi connectivity index (χ0n) is 7.84. The zero-order valence-corrected chi connectivity index (χ0v) is 7.84. The normalized spacial score (nSPS) is 40.1. The molecule has 2 N–H and O–H groups in total. The third kappa shape index (κ3) is 2.48. The van der Waals surface area contributed by atoms with Crippen molar-refractivity contribution < 1.29 is 0 Å². The van der Waals surface area contributed by atoms with Crippen LogP contribution in [0.15, 0.2) is 0 Å². The van der Waals surface area contributed by atoms with Gasteiger partial charge in [0.2, 0.25) is 0 Å². The van der Waals surface area contributed by atoms with Gasteiger partial charge in [-0.3, -0.25) is 0 Å². The molecule has 1 aliphatic carbocycles. The summed E-state index contributed by atoms with van der Waals surface area (Å²) in [7, 11) is 0. The van der Waals surface area contributed by atoms with Crippen LogP contribution in [0.2, 0.25) is 0 Å². The van der Waals surface area contributed by atoms with E-state index in [-0.39, 0.29) is 0 Å². The molecule has 1 nitrogen and oxygen atoms in total. The van der Waals surface area contributed by atoms with Crippen LogP contribution in [0.5, 0.6) is 0 Å². The van der Waals surface area contributed by atoms with Crippen molar-refractivity contribution in [3.8, 4) is 0 Å². The first-order chi connectivity index (χ1) is 5.24. The summed E-state index contributed by atoms with van der Waals surface area (Å²) in [4.78, 5) is 0. The Morgan fingerprint density at radius 3 is 2.64 bits per heavy atom. The van der Waals surface area contributed by atoms with E-state index in [9.17, 15) is 0 Å². The van der Waals surface area contributed by atoms with Gasteiger partial charge in [0.05, 0.1) is 0 Å². The maximum atomic E-state index is 5.71. The summed E-state index contributed by atoms with van der Waals surface area (Å²) in [5, 5.41) is 0. The highest BCUT2D eigenvalue weighted by Crippen LogP contribution is 2.30. The smallest absolute Gasteiger partial charge is 0.00463 e. The van der Waals surface area contributed by atoms with Crippen LogP contribution in [0.25, 0.3) is 0 Å². The van der Waals surface area contributed by atoms with Gasteiger partial charge >= 0.3 is 0 Å². The van der Waals surface area contributed by atoms with E-state index in [1.54, 1.807) is 0 Å². The lowest BCUT2D eigenvalue weighted by atomic mass is 9.88. The third-order valence-corrected chi connectivity index (χ3v) is 3.15. The van der Waals surface area contributed by atoms with Crippen molar-refractivity contribution in [2.24, 2.45) is 23.5 Å². The number of rotatable bonds is 1. The van der Waals surface area contributed by atoms with Crippen molar-refractivity contribution in [2.45, 2.75) is 39.5 Å². The van der Waals surface area contributed by atoms with Gasteiger partial charge in [0.15, 0.2) is 0 Å². The van der Waals surface area contributed by atoms with Crippen LogP contribution in [0.4, 0.5) is 0 Å². The Bertz CT molecular complexity index is 111. The van der Waals surface area contributed by atoms with Gasteiger partial charge < -0.3 is 5.73 Å². The highest BCUT2D eigenvalue weighted by Gasteiger charge is 2.21. The van der Waals surface area contributed by atoms with Gasteiger partial charge in [-0.05, 0) is 37.1 Å². The first-order valence-electron chi connectivity index (χ1n) is 4.94. The van der Waals surface area contributed by atoms with Crippen LogP contribution in [0.1, 0.15) is 39.5 Å². The van der Waals surface area contributed by atoms with Crippen molar-refractivity contribution in [1.29, 1.82) is 0 Å². The van der Waals surface area contributed by atoms with Crippen LogP contribution in [-0.2, 0) is 0 Å². The monoisotopic (exact) mass is 155 g/mol. The van der Waals surface area contributed by atoms with Crippen molar-refractivity contribution >= 4 is 0 Å². The average Bonchev–Trinajstić information content (AvgIpc) is 2.11. The molecular weight excluding hydrogens is 134 g/mol. The minimum Gasteiger partial charge on any atom is -0.330 e. The topological polar surface area (TPSA) is 26.0 Å². The second-order valence-electron chi connectivity index (χ2n) is 4.24. The number of hydrogen-bond acceptors (Lipinski definition) is 1. The summed E-state index contributed by atoms with van der Waals surface area (Å²) in [5.41, 5.74) is 5.71. The highest BCUT2D eigenvalue weighted by atomic mass is 14.6. The van der Waals surface area contributed by atoms with Crippen molar-refractivity contribution in [3.05, 3.63) is 0 Å². The molecule has 1 aliphatic rings. The fraction of sp³-hybridized carbons (Fsp3) is 1.00. The van der Waals surface area contributed by atoms with Crippen molar-refractivity contribution in [3.63, 3.8) is 0 Å². The Labute approximate surface area is 70.4 Å². The molecule has 0 amide bonds. The maximum absolute atomic E-state index is 5.71. The Balaban J connectivity index is 2.43. The summed E-state index contributed by atoms with van der Waals surface area (Å²) in [6.07, 6.45) is 5.57. The van der Waals surface area contributed by atoms with Crippen LogP contribution < -0.4 is 5.73 Å². The van der Waals surface area contributed by atoms with E-state index < -0.39 is 0 Å². The summed E-state index contributed by atoms with van der Waals surface area (Å²) in [5.74, 6) is 2.60. The zero-order chi connectivity index (χ0) is 8.27. The fourth-order valence-electron chi connectivity index (χ4n) is 2.31. The average molecular weight is 155 g/mol. The Morgan fingerprint density at radius 1 is 1.27 bits per heavy atom. The van der Waals surface area contributed by atoms with Crippen molar-refractivity contribution in [1.82, 2.24) is 0 Å². The van der Waals surface area contributed by atoms with E-state index in [2.05, 4.69) is 13.8 Å². The Kier molecular flexibility index (Phi) is 3.38. The van der Waals surface area contributed by atoms with Gasteiger partial charge in [-0.15, -0.1) is 0 Å². The predicted molar refractivity (Wildman–Crippen MR) is 49.3 cm³/mol. The van der Waals surface area contributed by atoms with Crippen LogP contribution in [-0.4, -0.2) is 6.54 Å². The molecule has 0 heterocycles. The number of hydrogen-bond donors (Lipinski definition) is 1. The molecule has 1 heteroatoms. The Morgan fingerprint density at radius 2 is 2.00 bits per heavy atom. The van der Waals surface area contributed by atoms with E-state index in [0.717, 1.165) is 24.3 Å². The molecule has 3 unspecified atom stereocenters. The third-order valence-electron chi connectivity index (χ3n) is 3.15. The molecule has 66 valence electrons. The van der Waals surface area contributed by atoms with Gasteiger partial charge in [-0.2, -0.15) is 0 Å².